The van der Waals surface area contributed by atoms with E-state index >= 15 is 8.78 Å². The van der Waals surface area contributed by atoms with E-state index in [-0.39, 0.29) is 54.1 Å². The van der Waals surface area contributed by atoms with Crippen molar-refractivity contribution in [1.29, 1.82) is 0 Å². The first-order valence-corrected chi connectivity index (χ1v) is 9.19. The molecular formula is C20H21F2N3O4. The van der Waals surface area contributed by atoms with Gasteiger partial charge in [0.05, 0.1) is 24.3 Å². The van der Waals surface area contributed by atoms with Crippen LogP contribution >= 0.6 is 0 Å². The van der Waals surface area contributed by atoms with E-state index in [1.165, 1.54) is 18.1 Å². The summed E-state index contributed by atoms with van der Waals surface area (Å²) in [5.41, 5.74) is 6.39. The number of nitrogens with two attached hydrogens (primary N) is 1. The van der Waals surface area contributed by atoms with Crippen molar-refractivity contribution in [3.8, 4) is 22.6 Å². The summed E-state index contributed by atoms with van der Waals surface area (Å²) in [5, 5.41) is 9.22. The normalized spacial score (nSPS) is 19.0. The van der Waals surface area contributed by atoms with Gasteiger partial charge in [0.1, 0.15) is 18.2 Å². The van der Waals surface area contributed by atoms with Crippen LogP contribution < -0.4 is 15.2 Å². The lowest BCUT2D eigenvalue weighted by Gasteiger charge is -2.38. The van der Waals surface area contributed by atoms with Crippen LogP contribution in [0, 0.1) is 11.6 Å². The topological polar surface area (TPSA) is 88.3 Å². The number of rotatable bonds is 2. The van der Waals surface area contributed by atoms with Crippen molar-refractivity contribution in [3.05, 3.63) is 41.5 Å². The number of nitrogen functional groups attached to an aromatic ring is 1. The molecule has 3 N–H and O–H groups in total. The number of carbonyl (C=O) groups is 1. The molecule has 7 nitrogen and oxygen atoms in total. The summed E-state index contributed by atoms with van der Waals surface area (Å²) in [7, 11) is 1.40. The second kappa shape index (κ2) is 7.40. The Morgan fingerprint density at radius 3 is 2.83 bits per heavy atom. The maximum absolute atomic E-state index is 15.5. The van der Waals surface area contributed by atoms with Gasteiger partial charge in [-0.25, -0.2) is 13.6 Å². The van der Waals surface area contributed by atoms with Gasteiger partial charge >= 0.3 is 6.09 Å². The fourth-order valence-corrected chi connectivity index (χ4v) is 3.97. The Labute approximate surface area is 166 Å². The predicted octanol–water partition coefficient (Wildman–Crippen LogP) is 2.78. The summed E-state index contributed by atoms with van der Waals surface area (Å²) >= 11 is 0. The van der Waals surface area contributed by atoms with Gasteiger partial charge in [0.15, 0.2) is 11.6 Å². The van der Waals surface area contributed by atoms with Crippen LogP contribution in [-0.2, 0) is 6.54 Å². The number of hydrogen-bond donors (Lipinski definition) is 2. The Hall–Kier alpha value is -3.07. The molecule has 0 spiro atoms. The van der Waals surface area contributed by atoms with Gasteiger partial charge in [-0.15, -0.1) is 0 Å². The molecule has 9 heteroatoms. The van der Waals surface area contributed by atoms with Crippen molar-refractivity contribution in [2.45, 2.75) is 12.6 Å². The van der Waals surface area contributed by atoms with E-state index in [1.54, 1.807) is 18.2 Å². The quantitative estimate of drug-likeness (QED) is 0.747. The maximum Gasteiger partial charge on any atom is 0.407 e. The molecule has 154 valence electrons. The summed E-state index contributed by atoms with van der Waals surface area (Å²) in [4.78, 5) is 14.6. The highest BCUT2D eigenvalue weighted by Crippen LogP contribution is 2.43. The first-order chi connectivity index (χ1) is 13.9. The van der Waals surface area contributed by atoms with Crippen LogP contribution in [-0.4, -0.2) is 60.4 Å². The predicted molar refractivity (Wildman–Crippen MR) is 102 cm³/mol. The van der Waals surface area contributed by atoms with Crippen molar-refractivity contribution in [3.63, 3.8) is 0 Å². The molecule has 2 aromatic carbocycles. The SMILES string of the molecule is COc1cccc(N)c1-c1c(F)cc2c(c1F)OC[C@H]1CN(C(=O)O)CCN1C2. The molecule has 4 rings (SSSR count). The average molecular weight is 405 g/mol. The molecule has 29 heavy (non-hydrogen) atoms. The number of methoxy groups -OCH3 is 1. The molecule has 1 amide bonds. The van der Waals surface area contributed by atoms with Crippen LogP contribution in [0.15, 0.2) is 24.3 Å². The number of amides is 1. The lowest BCUT2D eigenvalue weighted by Crippen LogP contribution is -2.55. The largest absolute Gasteiger partial charge is 0.496 e. The lowest BCUT2D eigenvalue weighted by molar-refractivity contribution is 0.0499. The molecule has 1 fully saturated rings. The van der Waals surface area contributed by atoms with Gasteiger partial charge in [-0.05, 0) is 18.2 Å². The third-order valence-electron chi connectivity index (χ3n) is 5.45. The van der Waals surface area contributed by atoms with Gasteiger partial charge in [-0.1, -0.05) is 6.07 Å². The fraction of sp³-hybridized carbons (Fsp3) is 0.350. The molecule has 2 aliphatic rings. The molecule has 0 bridgehead atoms. The molecule has 0 aromatic heterocycles. The van der Waals surface area contributed by atoms with Crippen LogP contribution in [0.2, 0.25) is 0 Å². The molecule has 2 heterocycles. The minimum atomic E-state index is -1.00. The summed E-state index contributed by atoms with van der Waals surface area (Å²) < 4.78 is 41.5. The summed E-state index contributed by atoms with van der Waals surface area (Å²) in [5.74, 6) is -1.39. The van der Waals surface area contributed by atoms with Crippen molar-refractivity contribution in [2.75, 3.05) is 39.1 Å². The lowest BCUT2D eigenvalue weighted by atomic mass is 9.98. The van der Waals surface area contributed by atoms with E-state index < -0.39 is 17.7 Å². The van der Waals surface area contributed by atoms with Crippen molar-refractivity contribution in [1.82, 2.24) is 9.80 Å². The Balaban J connectivity index is 1.75. The zero-order valence-corrected chi connectivity index (χ0v) is 15.8. The molecule has 0 unspecified atom stereocenters. The first kappa shape index (κ1) is 19.3. The van der Waals surface area contributed by atoms with Crippen LogP contribution in [0.25, 0.3) is 11.1 Å². The van der Waals surface area contributed by atoms with Gasteiger partial charge in [0.25, 0.3) is 0 Å². The number of fused-ring (bicyclic) bond motifs is 2. The summed E-state index contributed by atoms with van der Waals surface area (Å²) in [6.45, 7) is 1.41. The second-order valence-electron chi connectivity index (χ2n) is 7.12. The summed E-state index contributed by atoms with van der Waals surface area (Å²) in [6.07, 6.45) is -1.00. The highest BCUT2D eigenvalue weighted by molar-refractivity contribution is 5.83. The molecule has 0 radical (unpaired) electrons. The number of hydrogen-bond acceptors (Lipinski definition) is 5. The van der Waals surface area contributed by atoms with E-state index in [4.69, 9.17) is 15.2 Å². The number of piperazine rings is 1. The highest BCUT2D eigenvalue weighted by atomic mass is 19.1. The zero-order chi connectivity index (χ0) is 20.7. The van der Waals surface area contributed by atoms with E-state index in [0.717, 1.165) is 0 Å². The van der Waals surface area contributed by atoms with Gasteiger partial charge < -0.3 is 25.2 Å². The Morgan fingerprint density at radius 1 is 1.31 bits per heavy atom. The molecule has 2 aliphatic heterocycles. The molecule has 0 saturated carbocycles. The van der Waals surface area contributed by atoms with Crippen molar-refractivity contribution in [2.24, 2.45) is 0 Å². The molecule has 0 aliphatic carbocycles. The third-order valence-corrected chi connectivity index (χ3v) is 5.45. The minimum Gasteiger partial charge on any atom is -0.496 e. The van der Waals surface area contributed by atoms with Crippen molar-refractivity contribution < 1.29 is 28.2 Å². The third kappa shape index (κ3) is 3.31. The highest BCUT2D eigenvalue weighted by Gasteiger charge is 2.35. The zero-order valence-electron chi connectivity index (χ0n) is 15.8. The number of benzene rings is 2. The van der Waals surface area contributed by atoms with E-state index in [2.05, 4.69) is 0 Å². The monoisotopic (exact) mass is 405 g/mol. The van der Waals surface area contributed by atoms with Gasteiger partial charge in [0, 0.05) is 37.4 Å². The van der Waals surface area contributed by atoms with Gasteiger partial charge in [-0.3, -0.25) is 4.90 Å². The van der Waals surface area contributed by atoms with Crippen LogP contribution in [0.5, 0.6) is 11.5 Å². The Morgan fingerprint density at radius 2 is 2.10 bits per heavy atom. The number of anilines is 1. The van der Waals surface area contributed by atoms with E-state index in [1.807, 2.05) is 4.90 Å². The van der Waals surface area contributed by atoms with Crippen LogP contribution in [0.3, 0.4) is 0 Å². The average Bonchev–Trinajstić information content (AvgIpc) is 2.87. The molecule has 1 saturated heterocycles. The van der Waals surface area contributed by atoms with E-state index in [0.29, 0.717) is 18.7 Å². The number of halogens is 2. The van der Waals surface area contributed by atoms with Crippen LogP contribution in [0.1, 0.15) is 5.56 Å². The number of carboxylic acid groups (broad SMARTS) is 1. The van der Waals surface area contributed by atoms with Crippen molar-refractivity contribution >= 4 is 11.8 Å². The van der Waals surface area contributed by atoms with Gasteiger partial charge in [-0.2, -0.15) is 0 Å². The summed E-state index contributed by atoms with van der Waals surface area (Å²) in [6, 6.07) is 5.78. The molecule has 1 atom stereocenters. The standard InChI is InChI=1S/C20H21F2N3O4/c1-28-15-4-2-3-14(23)17(15)16-13(21)7-11-8-24-5-6-25(20(26)27)9-12(24)10-29-19(11)18(16)22/h2-4,7,12H,5-6,8-10,23H2,1H3,(H,26,27)/t12-/m1/s1. The first-order valence-electron chi connectivity index (χ1n) is 9.19. The smallest absolute Gasteiger partial charge is 0.407 e. The second-order valence-corrected chi connectivity index (χ2v) is 7.12. The van der Waals surface area contributed by atoms with Gasteiger partial charge in [0.2, 0.25) is 0 Å². The van der Waals surface area contributed by atoms with Crippen LogP contribution in [0.4, 0.5) is 19.3 Å². The number of nitrogens with zero attached hydrogens (tertiary/aromatic N) is 2. The number of ether oxygens (including phenoxy) is 2. The Bertz CT molecular complexity index is 969. The Kier molecular flexibility index (Phi) is 4.91. The van der Waals surface area contributed by atoms with E-state index in [9.17, 15) is 9.90 Å². The molecular weight excluding hydrogens is 384 g/mol. The fourth-order valence-electron chi connectivity index (χ4n) is 3.97. The molecule has 2 aromatic rings. The minimum absolute atomic E-state index is 0.0389. The maximum atomic E-state index is 15.5.